The van der Waals surface area contributed by atoms with Gasteiger partial charge in [-0.25, -0.2) is 9.87 Å². The van der Waals surface area contributed by atoms with Gasteiger partial charge in [0.25, 0.3) is 5.91 Å². The fourth-order valence-electron chi connectivity index (χ4n) is 3.32. The third-order valence-electron chi connectivity index (χ3n) is 4.81. The Kier molecular flexibility index (Phi) is 5.28. The fourth-order valence-corrected chi connectivity index (χ4v) is 3.32. The first-order valence-electron chi connectivity index (χ1n) is 9.24. The molecule has 0 radical (unpaired) electrons. The summed E-state index contributed by atoms with van der Waals surface area (Å²) in [6.45, 7) is 0. The summed E-state index contributed by atoms with van der Waals surface area (Å²) in [5.41, 5.74) is 5.70. The first kappa shape index (κ1) is 19.4. The molecular formula is C23H18FN3O3. The van der Waals surface area contributed by atoms with E-state index in [1.54, 1.807) is 29.9 Å². The minimum atomic E-state index is -0.624. The van der Waals surface area contributed by atoms with Crippen molar-refractivity contribution < 1.29 is 19.2 Å². The average molecular weight is 403 g/mol. The van der Waals surface area contributed by atoms with Gasteiger partial charge in [-0.2, -0.15) is 0 Å². The summed E-state index contributed by atoms with van der Waals surface area (Å²) < 4.78 is 13.6. The van der Waals surface area contributed by atoms with Gasteiger partial charge in [-0.3, -0.25) is 14.8 Å². The largest absolute Gasteiger partial charge is 0.361 e. The summed E-state index contributed by atoms with van der Waals surface area (Å²) >= 11 is 0. The van der Waals surface area contributed by atoms with E-state index in [1.807, 2.05) is 24.3 Å². The quantitative estimate of drug-likeness (QED) is 0.296. The second kappa shape index (κ2) is 8.18. The third kappa shape index (κ3) is 4.06. The van der Waals surface area contributed by atoms with Crippen LogP contribution in [0, 0.1) is 5.82 Å². The SMILES string of the molecule is O=C(Cc1c[nH]c2ccc(-c3cccc(F)c3)cc12)Nc1ccc(C(=O)NO)cc1. The Labute approximate surface area is 171 Å². The van der Waals surface area contributed by atoms with Crippen LogP contribution in [0.5, 0.6) is 0 Å². The Balaban J connectivity index is 1.52. The number of halogens is 1. The third-order valence-corrected chi connectivity index (χ3v) is 4.81. The van der Waals surface area contributed by atoms with Crippen molar-refractivity contribution >= 4 is 28.4 Å². The molecule has 0 aliphatic rings. The molecular weight excluding hydrogens is 385 g/mol. The number of H-pyrrole nitrogens is 1. The van der Waals surface area contributed by atoms with Gasteiger partial charge in [0, 0.05) is 28.4 Å². The molecule has 1 heterocycles. The number of aromatic nitrogens is 1. The summed E-state index contributed by atoms with van der Waals surface area (Å²) in [4.78, 5) is 27.0. The standard InChI is InChI=1S/C23H18FN3O3/c24-18-3-1-2-15(10-18)16-6-9-21-20(11-16)17(13-25-21)12-22(28)26-19-7-4-14(5-8-19)23(29)27-30/h1-11,13,25,30H,12H2,(H,26,28)(H,27,29). The van der Waals surface area contributed by atoms with Crippen molar-refractivity contribution in [2.24, 2.45) is 0 Å². The minimum absolute atomic E-state index is 0.144. The number of aromatic amines is 1. The first-order chi connectivity index (χ1) is 14.5. The van der Waals surface area contributed by atoms with Gasteiger partial charge in [0.15, 0.2) is 0 Å². The zero-order valence-corrected chi connectivity index (χ0v) is 15.8. The van der Waals surface area contributed by atoms with Crippen molar-refractivity contribution in [1.29, 1.82) is 0 Å². The van der Waals surface area contributed by atoms with Crippen molar-refractivity contribution in [1.82, 2.24) is 10.5 Å². The number of carbonyl (C=O) groups excluding carboxylic acids is 2. The molecule has 0 spiro atoms. The van der Waals surface area contributed by atoms with Crippen LogP contribution in [0.25, 0.3) is 22.0 Å². The van der Waals surface area contributed by atoms with Crippen molar-refractivity contribution in [2.75, 3.05) is 5.32 Å². The van der Waals surface area contributed by atoms with E-state index in [9.17, 15) is 14.0 Å². The lowest BCUT2D eigenvalue weighted by Gasteiger charge is -2.07. The van der Waals surface area contributed by atoms with Crippen molar-refractivity contribution in [3.63, 3.8) is 0 Å². The van der Waals surface area contributed by atoms with E-state index in [0.717, 1.165) is 27.6 Å². The summed E-state index contributed by atoms with van der Waals surface area (Å²) in [5, 5.41) is 12.3. The lowest BCUT2D eigenvalue weighted by atomic mass is 10.0. The van der Waals surface area contributed by atoms with Crippen LogP contribution in [0.2, 0.25) is 0 Å². The minimum Gasteiger partial charge on any atom is -0.361 e. The number of amides is 2. The predicted octanol–water partition coefficient (Wildman–Crippen LogP) is 4.27. The van der Waals surface area contributed by atoms with E-state index in [1.165, 1.54) is 24.3 Å². The summed E-state index contributed by atoms with van der Waals surface area (Å²) in [6, 6.07) is 18.3. The molecule has 30 heavy (non-hydrogen) atoms. The number of benzene rings is 3. The molecule has 4 N–H and O–H groups in total. The van der Waals surface area contributed by atoms with Crippen LogP contribution in [0.15, 0.2) is 72.9 Å². The molecule has 0 bridgehead atoms. The average Bonchev–Trinajstić information content (AvgIpc) is 3.15. The number of carbonyl (C=O) groups is 2. The monoisotopic (exact) mass is 403 g/mol. The maximum absolute atomic E-state index is 13.6. The molecule has 7 heteroatoms. The number of hydrogen-bond donors (Lipinski definition) is 4. The van der Waals surface area contributed by atoms with E-state index in [0.29, 0.717) is 5.69 Å². The molecule has 6 nitrogen and oxygen atoms in total. The molecule has 2 amide bonds. The fraction of sp³-hybridized carbons (Fsp3) is 0.0435. The Morgan fingerprint density at radius 2 is 1.73 bits per heavy atom. The van der Waals surface area contributed by atoms with Gasteiger partial charge in [0.2, 0.25) is 5.91 Å². The highest BCUT2D eigenvalue weighted by Gasteiger charge is 2.11. The number of nitrogens with one attached hydrogen (secondary N) is 3. The Bertz CT molecular complexity index is 1230. The maximum atomic E-state index is 13.6. The highest BCUT2D eigenvalue weighted by atomic mass is 19.1. The van der Waals surface area contributed by atoms with Gasteiger partial charge in [-0.05, 0) is 65.2 Å². The van der Waals surface area contributed by atoms with Gasteiger partial charge in [-0.1, -0.05) is 18.2 Å². The summed E-state index contributed by atoms with van der Waals surface area (Å²) in [7, 11) is 0. The van der Waals surface area contributed by atoms with Crippen LogP contribution in [-0.4, -0.2) is 22.0 Å². The predicted molar refractivity (Wildman–Crippen MR) is 112 cm³/mol. The normalized spacial score (nSPS) is 10.7. The van der Waals surface area contributed by atoms with Crippen LogP contribution in [0.1, 0.15) is 15.9 Å². The molecule has 1 aromatic heterocycles. The van der Waals surface area contributed by atoms with E-state index in [-0.39, 0.29) is 23.7 Å². The molecule has 0 unspecified atom stereocenters. The second-order valence-corrected chi connectivity index (χ2v) is 6.83. The van der Waals surface area contributed by atoms with E-state index in [2.05, 4.69) is 10.3 Å². The highest BCUT2D eigenvalue weighted by molar-refractivity contribution is 5.98. The molecule has 0 saturated heterocycles. The van der Waals surface area contributed by atoms with Gasteiger partial charge in [-0.15, -0.1) is 0 Å². The number of anilines is 1. The van der Waals surface area contributed by atoms with Crippen LogP contribution in [0.3, 0.4) is 0 Å². The van der Waals surface area contributed by atoms with E-state index < -0.39 is 5.91 Å². The van der Waals surface area contributed by atoms with Crippen LogP contribution < -0.4 is 10.8 Å². The van der Waals surface area contributed by atoms with Gasteiger partial charge >= 0.3 is 0 Å². The van der Waals surface area contributed by atoms with Crippen LogP contribution in [-0.2, 0) is 11.2 Å². The topological polar surface area (TPSA) is 94.2 Å². The molecule has 0 atom stereocenters. The number of rotatable bonds is 5. The molecule has 0 fully saturated rings. The highest BCUT2D eigenvalue weighted by Crippen LogP contribution is 2.27. The van der Waals surface area contributed by atoms with E-state index >= 15 is 0 Å². The molecule has 4 rings (SSSR count). The smallest absolute Gasteiger partial charge is 0.274 e. The van der Waals surface area contributed by atoms with Gasteiger partial charge < -0.3 is 10.3 Å². The second-order valence-electron chi connectivity index (χ2n) is 6.83. The zero-order valence-electron chi connectivity index (χ0n) is 15.8. The molecule has 0 saturated carbocycles. The lowest BCUT2D eigenvalue weighted by Crippen LogP contribution is -2.18. The van der Waals surface area contributed by atoms with Crippen molar-refractivity contribution in [2.45, 2.75) is 6.42 Å². The van der Waals surface area contributed by atoms with Crippen molar-refractivity contribution in [3.05, 3.63) is 89.9 Å². The number of hydrogen-bond acceptors (Lipinski definition) is 3. The van der Waals surface area contributed by atoms with Crippen LogP contribution >= 0.6 is 0 Å². The summed E-state index contributed by atoms with van der Waals surface area (Å²) in [6.07, 6.45) is 1.93. The zero-order chi connectivity index (χ0) is 21.1. The molecule has 0 aliphatic carbocycles. The Hall–Kier alpha value is -3.97. The Morgan fingerprint density at radius 1 is 0.967 bits per heavy atom. The van der Waals surface area contributed by atoms with E-state index in [4.69, 9.17) is 5.21 Å². The molecule has 3 aromatic carbocycles. The van der Waals surface area contributed by atoms with Gasteiger partial charge in [0.05, 0.1) is 6.42 Å². The van der Waals surface area contributed by atoms with Crippen molar-refractivity contribution in [3.8, 4) is 11.1 Å². The number of fused-ring (bicyclic) bond motifs is 1. The lowest BCUT2D eigenvalue weighted by molar-refractivity contribution is -0.115. The van der Waals surface area contributed by atoms with Gasteiger partial charge in [0.1, 0.15) is 5.82 Å². The molecule has 150 valence electrons. The molecule has 0 aliphatic heterocycles. The summed E-state index contributed by atoms with van der Waals surface area (Å²) in [5.74, 6) is -1.14. The number of hydroxylamine groups is 1. The van der Waals surface area contributed by atoms with Crippen LogP contribution in [0.4, 0.5) is 10.1 Å². The molecule has 4 aromatic rings. The maximum Gasteiger partial charge on any atom is 0.274 e. The Morgan fingerprint density at radius 3 is 2.47 bits per heavy atom. The first-order valence-corrected chi connectivity index (χ1v) is 9.24.